The molecule has 0 unspecified atom stereocenters. The Kier molecular flexibility index (Phi) is 6.60. The summed E-state index contributed by atoms with van der Waals surface area (Å²) >= 11 is 0. The Morgan fingerprint density at radius 1 is 1.19 bits per heavy atom. The quantitative estimate of drug-likeness (QED) is 0.704. The molecular formula is C18H20FN3O4. The predicted octanol–water partition coefficient (Wildman–Crippen LogP) is 2.62. The molecule has 7 nitrogen and oxygen atoms in total. The molecule has 2 N–H and O–H groups in total. The largest absolute Gasteiger partial charge is 0.360 e. The van der Waals surface area contributed by atoms with Gasteiger partial charge in [-0.05, 0) is 44.5 Å². The van der Waals surface area contributed by atoms with E-state index in [9.17, 15) is 18.8 Å². The molecule has 0 aliphatic carbocycles. The van der Waals surface area contributed by atoms with Crippen LogP contribution in [0.15, 0.2) is 34.9 Å². The fourth-order valence-corrected chi connectivity index (χ4v) is 2.23. The summed E-state index contributed by atoms with van der Waals surface area (Å²) in [5.41, 5.74) is 0.405. The van der Waals surface area contributed by atoms with Gasteiger partial charge in [-0.15, -0.1) is 0 Å². The number of ketones is 1. The van der Waals surface area contributed by atoms with E-state index < -0.39 is 17.8 Å². The van der Waals surface area contributed by atoms with Crippen molar-refractivity contribution in [3.8, 4) is 0 Å². The van der Waals surface area contributed by atoms with Gasteiger partial charge in [-0.25, -0.2) is 4.39 Å². The highest BCUT2D eigenvalue weighted by Crippen LogP contribution is 2.09. The van der Waals surface area contributed by atoms with Crippen LogP contribution in [-0.4, -0.2) is 28.8 Å². The summed E-state index contributed by atoms with van der Waals surface area (Å²) in [6.07, 6.45) is 0.602. The third-order valence-corrected chi connectivity index (χ3v) is 3.62. The van der Waals surface area contributed by atoms with E-state index >= 15 is 0 Å². The maximum absolute atomic E-state index is 12.8. The predicted molar refractivity (Wildman–Crippen MR) is 92.1 cm³/mol. The van der Waals surface area contributed by atoms with E-state index in [1.807, 2.05) is 0 Å². The van der Waals surface area contributed by atoms with Gasteiger partial charge >= 0.3 is 0 Å². The van der Waals surface area contributed by atoms with Crippen LogP contribution < -0.4 is 10.6 Å². The van der Waals surface area contributed by atoms with Crippen LogP contribution in [0, 0.1) is 12.7 Å². The van der Waals surface area contributed by atoms with E-state index in [0.29, 0.717) is 17.7 Å². The van der Waals surface area contributed by atoms with Crippen LogP contribution >= 0.6 is 0 Å². The average molecular weight is 361 g/mol. The number of carbonyl (C=O) groups excluding carboxylic acids is 3. The van der Waals surface area contributed by atoms with Gasteiger partial charge in [-0.2, -0.15) is 0 Å². The smallest absolute Gasteiger partial charge is 0.247 e. The fraction of sp³-hybridized carbons (Fsp3) is 0.333. The zero-order chi connectivity index (χ0) is 19.1. The van der Waals surface area contributed by atoms with E-state index in [4.69, 9.17) is 4.52 Å². The maximum Gasteiger partial charge on any atom is 0.247 e. The van der Waals surface area contributed by atoms with Crippen molar-refractivity contribution >= 4 is 23.4 Å². The lowest BCUT2D eigenvalue weighted by molar-refractivity contribution is -0.126. The van der Waals surface area contributed by atoms with Gasteiger partial charge in [0.2, 0.25) is 11.8 Å². The van der Waals surface area contributed by atoms with E-state index in [-0.39, 0.29) is 30.3 Å². The molecule has 0 fully saturated rings. The molecule has 1 aromatic heterocycles. The molecule has 1 atom stereocenters. The lowest BCUT2D eigenvalue weighted by Crippen LogP contribution is -2.41. The molecule has 2 amide bonds. The molecule has 0 radical (unpaired) electrons. The highest BCUT2D eigenvalue weighted by atomic mass is 19.1. The molecule has 0 saturated heterocycles. The van der Waals surface area contributed by atoms with Crippen LogP contribution in [0.25, 0.3) is 0 Å². The number of hydrogen-bond acceptors (Lipinski definition) is 5. The van der Waals surface area contributed by atoms with E-state index in [1.165, 1.54) is 24.3 Å². The molecule has 2 aromatic rings. The van der Waals surface area contributed by atoms with Crippen molar-refractivity contribution in [2.75, 3.05) is 5.32 Å². The normalized spacial score (nSPS) is 11.7. The van der Waals surface area contributed by atoms with Crippen LogP contribution in [0.2, 0.25) is 0 Å². The minimum Gasteiger partial charge on any atom is -0.360 e. The van der Waals surface area contributed by atoms with Crippen molar-refractivity contribution in [1.82, 2.24) is 10.5 Å². The fourth-order valence-electron chi connectivity index (χ4n) is 2.23. The first-order valence-electron chi connectivity index (χ1n) is 8.17. The molecular weight excluding hydrogens is 341 g/mol. The van der Waals surface area contributed by atoms with Crippen LogP contribution in [0.4, 0.5) is 10.2 Å². The molecule has 8 heteroatoms. The van der Waals surface area contributed by atoms with Crippen molar-refractivity contribution in [3.05, 3.63) is 47.5 Å². The Morgan fingerprint density at radius 2 is 1.88 bits per heavy atom. The molecule has 0 aliphatic heterocycles. The second-order valence-corrected chi connectivity index (χ2v) is 5.88. The summed E-state index contributed by atoms with van der Waals surface area (Å²) < 4.78 is 17.7. The van der Waals surface area contributed by atoms with Crippen molar-refractivity contribution in [1.29, 1.82) is 0 Å². The number of benzene rings is 1. The second kappa shape index (κ2) is 8.89. The Labute approximate surface area is 149 Å². The minimum absolute atomic E-state index is 0.105. The average Bonchev–Trinajstić information content (AvgIpc) is 3.00. The van der Waals surface area contributed by atoms with Gasteiger partial charge in [0.05, 0.1) is 0 Å². The number of Topliss-reactive ketones (excluding diaryl/α,β-unsaturated/α-hetero) is 1. The monoisotopic (exact) mass is 361 g/mol. The van der Waals surface area contributed by atoms with Gasteiger partial charge in [0.15, 0.2) is 11.6 Å². The topological polar surface area (TPSA) is 101 Å². The first-order valence-corrected chi connectivity index (χ1v) is 8.17. The van der Waals surface area contributed by atoms with Crippen LogP contribution in [-0.2, 0) is 9.59 Å². The number of anilines is 1. The summed E-state index contributed by atoms with van der Waals surface area (Å²) in [4.78, 5) is 35.8. The molecule has 26 heavy (non-hydrogen) atoms. The number of rotatable bonds is 8. The number of aromatic nitrogens is 1. The highest BCUT2D eigenvalue weighted by Gasteiger charge is 2.17. The third-order valence-electron chi connectivity index (χ3n) is 3.62. The Bertz CT molecular complexity index is 786. The van der Waals surface area contributed by atoms with Crippen LogP contribution in [0.5, 0.6) is 0 Å². The molecule has 2 rings (SSSR count). The summed E-state index contributed by atoms with van der Waals surface area (Å²) in [6, 6.07) is 6.07. The standard InChI is InChI=1S/C18H20FN3O4/c1-11-10-16(22-26-11)21-18(25)12(2)20-17(24)5-3-4-15(23)13-6-8-14(19)9-7-13/h6-10,12H,3-5H2,1-2H3,(H,20,24)(H,21,22,25)/t12-/m0/s1. The number of nitrogens with one attached hydrogen (secondary N) is 2. The summed E-state index contributed by atoms with van der Waals surface area (Å²) in [5.74, 6) is -0.495. The minimum atomic E-state index is -0.757. The summed E-state index contributed by atoms with van der Waals surface area (Å²) in [5, 5.41) is 8.72. The van der Waals surface area contributed by atoms with Gasteiger partial charge in [-0.3, -0.25) is 14.4 Å². The highest BCUT2D eigenvalue weighted by molar-refractivity contribution is 5.97. The maximum atomic E-state index is 12.8. The van der Waals surface area contributed by atoms with E-state index in [0.717, 1.165) is 0 Å². The van der Waals surface area contributed by atoms with Crippen molar-refractivity contribution in [2.24, 2.45) is 0 Å². The molecule has 138 valence electrons. The molecule has 0 spiro atoms. The summed E-state index contributed by atoms with van der Waals surface area (Å²) in [6.45, 7) is 3.24. The van der Waals surface area contributed by atoms with Gasteiger partial charge < -0.3 is 15.2 Å². The van der Waals surface area contributed by atoms with Crippen LogP contribution in [0.1, 0.15) is 42.3 Å². The molecule has 1 aromatic carbocycles. The van der Waals surface area contributed by atoms with E-state index in [2.05, 4.69) is 15.8 Å². The van der Waals surface area contributed by atoms with Gasteiger partial charge in [0.1, 0.15) is 17.6 Å². The first kappa shape index (κ1) is 19.3. The van der Waals surface area contributed by atoms with Gasteiger partial charge in [0, 0.05) is 24.5 Å². The van der Waals surface area contributed by atoms with Gasteiger partial charge in [-0.1, -0.05) is 5.16 Å². The van der Waals surface area contributed by atoms with E-state index in [1.54, 1.807) is 19.9 Å². The molecule has 1 heterocycles. The number of carbonyl (C=O) groups is 3. The first-order chi connectivity index (χ1) is 12.3. The number of hydrogen-bond donors (Lipinski definition) is 2. The number of aryl methyl sites for hydroxylation is 1. The van der Waals surface area contributed by atoms with Gasteiger partial charge in [0.25, 0.3) is 0 Å². The second-order valence-electron chi connectivity index (χ2n) is 5.88. The van der Waals surface area contributed by atoms with Crippen molar-refractivity contribution in [2.45, 2.75) is 39.2 Å². The Balaban J connectivity index is 1.71. The summed E-state index contributed by atoms with van der Waals surface area (Å²) in [7, 11) is 0. The molecule has 0 saturated carbocycles. The lowest BCUT2D eigenvalue weighted by Gasteiger charge is -2.12. The Morgan fingerprint density at radius 3 is 2.50 bits per heavy atom. The van der Waals surface area contributed by atoms with Crippen LogP contribution in [0.3, 0.4) is 0 Å². The lowest BCUT2D eigenvalue weighted by atomic mass is 10.1. The number of amides is 2. The number of halogens is 1. The third kappa shape index (κ3) is 5.80. The number of nitrogens with zero attached hydrogens (tertiary/aromatic N) is 1. The van der Waals surface area contributed by atoms with Crippen molar-refractivity contribution < 1.29 is 23.3 Å². The SMILES string of the molecule is Cc1cc(NC(=O)[C@H](C)NC(=O)CCCC(=O)c2ccc(F)cc2)no1. The molecule has 0 aliphatic rings. The Hall–Kier alpha value is -3.03. The molecule has 0 bridgehead atoms. The zero-order valence-corrected chi connectivity index (χ0v) is 14.5. The zero-order valence-electron chi connectivity index (χ0n) is 14.5. The van der Waals surface area contributed by atoms with Crippen molar-refractivity contribution in [3.63, 3.8) is 0 Å².